The molecule has 0 fully saturated rings. The average molecular weight is 260 g/mol. The molecule has 2 N–H and O–H groups in total. The summed E-state index contributed by atoms with van der Waals surface area (Å²) in [4.78, 5) is 19.1. The first-order chi connectivity index (χ1) is 6.69. The van der Waals surface area contributed by atoms with Crippen LogP contribution in [0.1, 0.15) is 0 Å². The molecule has 0 spiro atoms. The van der Waals surface area contributed by atoms with Crippen molar-refractivity contribution in [2.45, 2.75) is 0 Å². The van der Waals surface area contributed by atoms with E-state index in [4.69, 9.17) is 10.2 Å². The summed E-state index contributed by atoms with van der Waals surface area (Å²) < 4.78 is 28.8. The Morgan fingerprint density at radius 2 is 1.50 bits per heavy atom. The van der Waals surface area contributed by atoms with E-state index in [1.54, 1.807) is 0 Å². The van der Waals surface area contributed by atoms with Crippen LogP contribution in [0.5, 0.6) is 0 Å². The van der Waals surface area contributed by atoms with Gasteiger partial charge in [0.05, 0.1) is 15.9 Å². The Kier molecular flexibility index (Phi) is 14.0. The summed E-state index contributed by atoms with van der Waals surface area (Å²) in [6.45, 7) is 3.07. The molecule has 0 aromatic heterocycles. The van der Waals surface area contributed by atoms with Gasteiger partial charge in [-0.3, -0.25) is 0 Å². The molecule has 0 heterocycles. The molecule has 0 amide bonds. The molecule has 0 atom stereocenters. The van der Waals surface area contributed by atoms with Crippen LogP contribution in [0.3, 0.4) is 0 Å². The first-order valence-corrected chi connectivity index (χ1v) is 4.95. The van der Waals surface area contributed by atoms with Crippen molar-refractivity contribution in [2.24, 2.45) is 0 Å². The molecule has 0 aromatic rings. The number of rotatable bonds is 4. The molecule has 0 bridgehead atoms. The number of carboxylic acid groups (broad SMARTS) is 2. The summed E-state index contributed by atoms with van der Waals surface area (Å²) in [6.07, 6.45) is 2.17. The van der Waals surface area contributed by atoms with Gasteiger partial charge in [0.2, 0.25) is 0 Å². The van der Waals surface area contributed by atoms with E-state index in [-0.39, 0.29) is 29.6 Å². The summed E-state index contributed by atoms with van der Waals surface area (Å²) in [6, 6.07) is 0. The van der Waals surface area contributed by atoms with Gasteiger partial charge in [-0.05, 0) is 0 Å². The van der Waals surface area contributed by atoms with Crippen molar-refractivity contribution in [3.8, 4) is 0 Å². The van der Waals surface area contributed by atoms with E-state index in [0.717, 1.165) is 6.08 Å². The molecule has 16 heavy (non-hydrogen) atoms. The first-order valence-electron chi connectivity index (χ1n) is 3.37. The summed E-state index contributed by atoms with van der Waals surface area (Å²) >= 11 is 0. The fourth-order valence-corrected chi connectivity index (χ4v) is 0.576. The topological polar surface area (TPSA) is 132 Å². The molecular weight excluding hydrogens is 251 g/mol. The van der Waals surface area contributed by atoms with Crippen LogP contribution < -0.4 is 29.6 Å². The van der Waals surface area contributed by atoms with E-state index in [9.17, 15) is 22.6 Å². The average Bonchev–Trinajstić information content (AvgIpc) is 1.99. The predicted molar refractivity (Wildman–Crippen MR) is 49.2 cm³/mol. The maximum atomic E-state index is 9.60. The van der Waals surface area contributed by atoms with Gasteiger partial charge in [-0.25, -0.2) is 18.0 Å². The predicted octanol–water partition coefficient (Wildman–Crippen LogP) is -3.57. The molecule has 0 rings (SSSR count). The van der Waals surface area contributed by atoms with Crippen molar-refractivity contribution < 1.29 is 62.3 Å². The maximum Gasteiger partial charge on any atom is 1.00 e. The summed E-state index contributed by atoms with van der Waals surface area (Å²) in [5, 5.41) is 15.6. The molecule has 0 aromatic carbocycles. The molecule has 86 valence electrons. The molecule has 0 unspecified atom stereocenters. The van der Waals surface area contributed by atoms with Gasteiger partial charge in [0, 0.05) is 12.2 Å². The van der Waals surface area contributed by atoms with Crippen LogP contribution in [0.4, 0.5) is 0 Å². The van der Waals surface area contributed by atoms with Crippen molar-refractivity contribution >= 4 is 22.1 Å². The van der Waals surface area contributed by atoms with Crippen molar-refractivity contribution in [3.05, 3.63) is 24.8 Å². The van der Waals surface area contributed by atoms with Crippen molar-refractivity contribution in [3.63, 3.8) is 0 Å². The molecule has 9 heteroatoms. The quantitative estimate of drug-likeness (QED) is 0.231. The molecule has 0 radical (unpaired) electrons. The third-order valence-corrected chi connectivity index (χ3v) is 1.33. The van der Waals surface area contributed by atoms with Crippen LogP contribution in [0, 0.1) is 0 Å². The number of carbonyl (C=O) groups is 2. The second-order valence-corrected chi connectivity index (χ2v) is 3.47. The number of hydrogen-bond acceptors (Lipinski definition) is 5. The van der Waals surface area contributed by atoms with Crippen LogP contribution in [0.15, 0.2) is 24.8 Å². The fraction of sp³-hybridized carbons (Fsp3) is 0.143. The second kappa shape index (κ2) is 10.8. The molecule has 0 aliphatic heterocycles. The van der Waals surface area contributed by atoms with Gasteiger partial charge in [0.1, 0.15) is 0 Å². The van der Waals surface area contributed by atoms with Crippen molar-refractivity contribution in [2.75, 3.05) is 5.75 Å². The number of hydrogen-bond donors (Lipinski definition) is 2. The second-order valence-electron chi connectivity index (χ2n) is 2.02. The summed E-state index contributed by atoms with van der Waals surface area (Å²) in [7, 11) is -4.04. The molecule has 0 aliphatic carbocycles. The van der Waals surface area contributed by atoms with Gasteiger partial charge >= 0.3 is 41.5 Å². The maximum absolute atomic E-state index is 9.60. The fourth-order valence-electron chi connectivity index (χ4n) is 0.287. The normalized spacial score (nSPS) is 9.56. The van der Waals surface area contributed by atoms with E-state index >= 15 is 0 Å². The van der Waals surface area contributed by atoms with Crippen LogP contribution >= 0.6 is 0 Å². The SMILES string of the molecule is C=CCS(=O)(=O)[O-].O=C(O)C=CC(=O)O.[Na+]. The van der Waals surface area contributed by atoms with Gasteiger partial charge in [0.25, 0.3) is 0 Å². The van der Waals surface area contributed by atoms with E-state index in [1.807, 2.05) is 0 Å². The largest absolute Gasteiger partial charge is 1.00 e. The van der Waals surface area contributed by atoms with E-state index < -0.39 is 27.8 Å². The van der Waals surface area contributed by atoms with Gasteiger partial charge in [-0.15, -0.1) is 6.58 Å². The van der Waals surface area contributed by atoms with Gasteiger partial charge in [-0.2, -0.15) is 0 Å². The van der Waals surface area contributed by atoms with Crippen LogP contribution in [0.25, 0.3) is 0 Å². The molecule has 0 aliphatic rings. The zero-order chi connectivity index (χ0) is 12.5. The monoisotopic (exact) mass is 260 g/mol. The smallest absolute Gasteiger partial charge is 0.748 e. The van der Waals surface area contributed by atoms with Crippen LogP contribution in [0.2, 0.25) is 0 Å². The Labute approximate surface area is 115 Å². The number of aliphatic carboxylic acids is 2. The Bertz CT molecular complexity index is 341. The third-order valence-electron chi connectivity index (χ3n) is 0.690. The first kappa shape index (κ1) is 20.7. The zero-order valence-electron chi connectivity index (χ0n) is 8.49. The van der Waals surface area contributed by atoms with Gasteiger partial charge < -0.3 is 14.8 Å². The van der Waals surface area contributed by atoms with Crippen LogP contribution in [-0.4, -0.2) is 40.9 Å². The number of carboxylic acids is 2. The van der Waals surface area contributed by atoms with E-state index in [1.165, 1.54) is 0 Å². The minimum atomic E-state index is -4.04. The molecule has 0 saturated carbocycles. The minimum absolute atomic E-state index is 0. The Balaban J connectivity index is -0.000000200. The Morgan fingerprint density at radius 3 is 1.56 bits per heavy atom. The molecule has 7 nitrogen and oxygen atoms in total. The van der Waals surface area contributed by atoms with Crippen molar-refractivity contribution in [1.29, 1.82) is 0 Å². The van der Waals surface area contributed by atoms with E-state index in [2.05, 4.69) is 6.58 Å². The van der Waals surface area contributed by atoms with Crippen LogP contribution in [-0.2, 0) is 19.7 Å². The molecule has 0 saturated heterocycles. The standard InChI is InChI=1S/C4H4O4.C3H6O3S.Na/c5-3(6)1-2-4(7)8;1-2-3-7(4,5)6;/h1-2H,(H,5,6)(H,7,8);2H,1,3H2,(H,4,5,6);/q;;+1/p-1. The third kappa shape index (κ3) is 29.2. The Hall–Kier alpha value is -0.670. The summed E-state index contributed by atoms with van der Waals surface area (Å²) in [5.41, 5.74) is 0. The van der Waals surface area contributed by atoms with Gasteiger partial charge in [-0.1, -0.05) is 6.08 Å². The Morgan fingerprint density at radius 1 is 1.19 bits per heavy atom. The van der Waals surface area contributed by atoms with E-state index in [0.29, 0.717) is 12.2 Å². The zero-order valence-corrected chi connectivity index (χ0v) is 11.3. The summed E-state index contributed by atoms with van der Waals surface area (Å²) in [5.74, 6) is -2.99. The van der Waals surface area contributed by atoms with Crippen molar-refractivity contribution in [1.82, 2.24) is 0 Å². The van der Waals surface area contributed by atoms with Gasteiger partial charge in [0.15, 0.2) is 0 Å². The minimum Gasteiger partial charge on any atom is -0.748 e. The molecular formula is C7H9NaO7S.